The van der Waals surface area contributed by atoms with Crippen LogP contribution in [0.3, 0.4) is 0 Å². The Labute approximate surface area is 154 Å². The van der Waals surface area contributed by atoms with Crippen LogP contribution < -0.4 is 10.6 Å². The Kier molecular flexibility index (Phi) is 5.45. The van der Waals surface area contributed by atoms with Gasteiger partial charge in [0.05, 0.1) is 4.88 Å². The lowest BCUT2D eigenvalue weighted by Gasteiger charge is -2.08. The maximum absolute atomic E-state index is 12.5. The Bertz CT molecular complexity index is 918. The van der Waals surface area contributed by atoms with Crippen molar-refractivity contribution in [2.45, 2.75) is 6.92 Å². The quantitative estimate of drug-likeness (QED) is 0.691. The summed E-state index contributed by atoms with van der Waals surface area (Å²) in [6, 6.07) is 10.6. The number of aromatic nitrogens is 1. The van der Waals surface area contributed by atoms with Crippen molar-refractivity contribution in [2.75, 3.05) is 24.4 Å². The van der Waals surface area contributed by atoms with Gasteiger partial charge in [0, 0.05) is 18.5 Å². The lowest BCUT2D eigenvalue weighted by molar-refractivity contribution is -0.119. The predicted molar refractivity (Wildman–Crippen MR) is 99.5 cm³/mol. The number of carbonyl (C=O) groups is 2. The van der Waals surface area contributed by atoms with Crippen LogP contribution in [0.25, 0.3) is 10.8 Å². The Balaban J connectivity index is 1.73. The second-order valence-electron chi connectivity index (χ2n) is 5.42. The zero-order chi connectivity index (χ0) is 18.5. The monoisotopic (exact) mass is 371 g/mol. The van der Waals surface area contributed by atoms with Crippen LogP contribution in [-0.2, 0) is 9.53 Å². The minimum Gasteiger partial charge on any atom is -0.440 e. The van der Waals surface area contributed by atoms with Crippen molar-refractivity contribution in [3.8, 4) is 10.8 Å². The molecule has 0 saturated heterocycles. The number of methoxy groups -OCH3 is 1. The number of benzene rings is 1. The molecule has 0 fully saturated rings. The third-order valence-corrected chi connectivity index (χ3v) is 4.28. The lowest BCUT2D eigenvalue weighted by atomic mass is 10.2. The van der Waals surface area contributed by atoms with Gasteiger partial charge in [-0.3, -0.25) is 9.59 Å². The summed E-state index contributed by atoms with van der Waals surface area (Å²) in [5, 5.41) is 7.36. The van der Waals surface area contributed by atoms with Crippen LogP contribution in [-0.4, -0.2) is 30.5 Å². The summed E-state index contributed by atoms with van der Waals surface area (Å²) < 4.78 is 10.4. The number of amides is 2. The van der Waals surface area contributed by atoms with Gasteiger partial charge in [0.2, 0.25) is 11.8 Å². The minimum absolute atomic E-state index is 0.0415. The highest BCUT2D eigenvalue weighted by Crippen LogP contribution is 2.26. The van der Waals surface area contributed by atoms with Crippen molar-refractivity contribution >= 4 is 34.5 Å². The first-order chi connectivity index (χ1) is 12.6. The first-order valence-electron chi connectivity index (χ1n) is 7.78. The van der Waals surface area contributed by atoms with Crippen molar-refractivity contribution in [1.82, 2.24) is 4.98 Å². The summed E-state index contributed by atoms with van der Waals surface area (Å²) in [5.41, 5.74) is 1.31. The first kappa shape index (κ1) is 17.8. The number of anilines is 2. The number of nitrogens with one attached hydrogen (secondary N) is 2. The van der Waals surface area contributed by atoms with E-state index in [0.29, 0.717) is 23.0 Å². The number of nitrogens with zero attached hydrogens (tertiary/aromatic N) is 1. The first-order valence-corrected chi connectivity index (χ1v) is 8.66. The highest BCUT2D eigenvalue weighted by Gasteiger charge is 2.18. The normalized spacial score (nSPS) is 10.5. The molecule has 0 saturated carbocycles. The van der Waals surface area contributed by atoms with Crippen molar-refractivity contribution in [2.24, 2.45) is 0 Å². The van der Waals surface area contributed by atoms with E-state index in [-0.39, 0.29) is 24.1 Å². The highest BCUT2D eigenvalue weighted by molar-refractivity contribution is 7.13. The summed E-state index contributed by atoms with van der Waals surface area (Å²) >= 11 is 1.49. The molecule has 7 nitrogen and oxygen atoms in total. The van der Waals surface area contributed by atoms with Gasteiger partial charge in [-0.05, 0) is 36.6 Å². The molecule has 0 radical (unpaired) electrons. The molecule has 0 spiro atoms. The molecule has 26 heavy (non-hydrogen) atoms. The zero-order valence-corrected chi connectivity index (χ0v) is 15.1. The summed E-state index contributed by atoms with van der Waals surface area (Å²) in [5.74, 6) is 0.206. The molecule has 0 aliphatic carbocycles. The molecule has 3 rings (SSSR count). The summed E-state index contributed by atoms with van der Waals surface area (Å²) in [6.07, 6.45) is 0. The Morgan fingerprint density at radius 2 is 1.96 bits per heavy atom. The fourth-order valence-corrected chi connectivity index (χ4v) is 2.95. The van der Waals surface area contributed by atoms with Gasteiger partial charge in [-0.15, -0.1) is 11.3 Å². The third-order valence-electron chi connectivity index (χ3n) is 3.42. The fraction of sp³-hybridized carbons (Fsp3) is 0.167. The molecule has 0 unspecified atom stereocenters. The highest BCUT2D eigenvalue weighted by atomic mass is 32.1. The molecule has 0 bridgehead atoms. The van der Waals surface area contributed by atoms with Gasteiger partial charge in [-0.25, -0.2) is 4.98 Å². The van der Waals surface area contributed by atoms with Crippen LogP contribution in [0.5, 0.6) is 0 Å². The standard InChI is InChI=1S/C18H17N3O4S/c1-11-16(21-18(25-11)14-7-4-8-26-14)17(23)20-13-6-3-5-12(9-13)19-15(22)10-24-2/h3-9H,10H2,1-2H3,(H,19,22)(H,20,23). The van der Waals surface area contributed by atoms with Crippen molar-refractivity contribution < 1.29 is 18.7 Å². The number of oxazole rings is 1. The molecule has 2 heterocycles. The van der Waals surface area contributed by atoms with Crippen molar-refractivity contribution in [3.63, 3.8) is 0 Å². The number of carbonyl (C=O) groups excluding carboxylic acids is 2. The van der Waals surface area contributed by atoms with Gasteiger partial charge in [0.15, 0.2) is 5.69 Å². The fourth-order valence-electron chi connectivity index (χ4n) is 2.31. The van der Waals surface area contributed by atoms with Gasteiger partial charge in [0.1, 0.15) is 12.4 Å². The number of hydrogen-bond acceptors (Lipinski definition) is 6. The van der Waals surface area contributed by atoms with Crippen LogP contribution in [0.4, 0.5) is 11.4 Å². The third kappa shape index (κ3) is 4.16. The number of ether oxygens (including phenoxy) is 1. The van der Waals surface area contributed by atoms with Crippen LogP contribution in [0.2, 0.25) is 0 Å². The number of thiophene rings is 1. The Morgan fingerprint density at radius 1 is 1.19 bits per heavy atom. The molecular weight excluding hydrogens is 354 g/mol. The molecule has 134 valence electrons. The maximum atomic E-state index is 12.5. The van der Waals surface area contributed by atoms with Gasteiger partial charge >= 0.3 is 0 Å². The van der Waals surface area contributed by atoms with E-state index in [0.717, 1.165) is 4.88 Å². The zero-order valence-electron chi connectivity index (χ0n) is 14.2. The molecular formula is C18H17N3O4S. The molecule has 2 aromatic heterocycles. The van der Waals surface area contributed by atoms with E-state index in [1.807, 2.05) is 17.5 Å². The minimum atomic E-state index is -0.380. The van der Waals surface area contributed by atoms with E-state index in [1.54, 1.807) is 31.2 Å². The largest absolute Gasteiger partial charge is 0.440 e. The van der Waals surface area contributed by atoms with E-state index >= 15 is 0 Å². The topological polar surface area (TPSA) is 93.5 Å². The molecule has 0 aliphatic rings. The maximum Gasteiger partial charge on any atom is 0.277 e. The van der Waals surface area contributed by atoms with Crippen LogP contribution in [0.1, 0.15) is 16.2 Å². The summed E-state index contributed by atoms with van der Waals surface area (Å²) in [4.78, 5) is 29.2. The molecule has 3 aromatic rings. The average Bonchev–Trinajstić information content (AvgIpc) is 3.24. The van der Waals surface area contributed by atoms with E-state index in [2.05, 4.69) is 15.6 Å². The van der Waals surface area contributed by atoms with Gasteiger partial charge in [-0.1, -0.05) is 12.1 Å². The van der Waals surface area contributed by atoms with Crippen molar-refractivity contribution in [1.29, 1.82) is 0 Å². The number of hydrogen-bond donors (Lipinski definition) is 2. The Morgan fingerprint density at radius 3 is 2.65 bits per heavy atom. The molecule has 1 aromatic carbocycles. The molecule has 8 heteroatoms. The summed E-state index contributed by atoms with van der Waals surface area (Å²) in [7, 11) is 1.45. The number of aryl methyl sites for hydroxylation is 1. The smallest absolute Gasteiger partial charge is 0.277 e. The number of rotatable bonds is 6. The predicted octanol–water partition coefficient (Wildman–Crippen LogP) is 3.55. The van der Waals surface area contributed by atoms with E-state index in [1.165, 1.54) is 18.4 Å². The van der Waals surface area contributed by atoms with Gasteiger partial charge in [-0.2, -0.15) is 0 Å². The molecule has 2 N–H and O–H groups in total. The second-order valence-corrected chi connectivity index (χ2v) is 6.36. The van der Waals surface area contributed by atoms with E-state index in [4.69, 9.17) is 9.15 Å². The Hall–Kier alpha value is -2.97. The average molecular weight is 371 g/mol. The van der Waals surface area contributed by atoms with Gasteiger partial charge < -0.3 is 19.8 Å². The van der Waals surface area contributed by atoms with Crippen LogP contribution >= 0.6 is 11.3 Å². The van der Waals surface area contributed by atoms with Crippen LogP contribution in [0, 0.1) is 6.92 Å². The molecule has 0 aliphatic heterocycles. The van der Waals surface area contributed by atoms with E-state index in [9.17, 15) is 9.59 Å². The molecule has 0 atom stereocenters. The van der Waals surface area contributed by atoms with Crippen molar-refractivity contribution in [3.05, 3.63) is 53.2 Å². The summed E-state index contributed by atoms with van der Waals surface area (Å²) in [6.45, 7) is 1.65. The SMILES string of the molecule is COCC(=O)Nc1cccc(NC(=O)c2nc(-c3cccs3)oc2C)c1. The molecule has 2 amide bonds. The second kappa shape index (κ2) is 7.94. The van der Waals surface area contributed by atoms with Gasteiger partial charge in [0.25, 0.3) is 5.91 Å². The van der Waals surface area contributed by atoms with E-state index < -0.39 is 0 Å². The lowest BCUT2D eigenvalue weighted by Crippen LogP contribution is -2.17. The van der Waals surface area contributed by atoms with Crippen LogP contribution in [0.15, 0.2) is 46.2 Å².